The Morgan fingerprint density at radius 3 is 2.54 bits per heavy atom. The summed E-state index contributed by atoms with van der Waals surface area (Å²) in [5.74, 6) is -2.97. The van der Waals surface area contributed by atoms with E-state index in [9.17, 15) is 24.3 Å². The third-order valence-electron chi connectivity index (χ3n) is 9.25. The average Bonchev–Trinajstić information content (AvgIpc) is 3.45. The Kier molecular flexibility index (Phi) is 9.29. The van der Waals surface area contributed by atoms with E-state index in [1.807, 2.05) is 6.92 Å². The summed E-state index contributed by atoms with van der Waals surface area (Å²) in [6.07, 6.45) is 1.19. The van der Waals surface area contributed by atoms with Crippen molar-refractivity contribution in [2.75, 3.05) is 11.9 Å². The predicted octanol–water partition coefficient (Wildman–Crippen LogP) is 3.21. The van der Waals surface area contributed by atoms with Gasteiger partial charge in [0.05, 0.1) is 40.6 Å². The molecule has 2 aromatic heterocycles. The molecule has 7 N–H and O–H groups in total. The molecule has 0 spiro atoms. The number of halogens is 2. The predicted molar refractivity (Wildman–Crippen MR) is 178 cm³/mol. The summed E-state index contributed by atoms with van der Waals surface area (Å²) in [4.78, 5) is 54.1. The fourth-order valence-corrected chi connectivity index (χ4v) is 6.50. The topological polar surface area (TPSA) is 201 Å². The third kappa shape index (κ3) is 6.13. The molecule has 1 unspecified atom stereocenters. The number of aliphatic hydroxyl groups is 1. The minimum atomic E-state index is -1.94. The molecule has 0 fully saturated rings. The van der Waals surface area contributed by atoms with Gasteiger partial charge in [0.25, 0.3) is 5.56 Å². The number of nitrogens with one attached hydrogen (secondary N) is 2. The van der Waals surface area contributed by atoms with E-state index in [-0.39, 0.29) is 60.5 Å². The molecule has 0 saturated heterocycles. The molecule has 50 heavy (non-hydrogen) atoms. The average molecular weight is 691 g/mol. The lowest BCUT2D eigenvalue weighted by atomic mass is 9.86. The van der Waals surface area contributed by atoms with Crippen molar-refractivity contribution >= 4 is 34.5 Å². The molecule has 0 saturated carbocycles. The third-order valence-corrected chi connectivity index (χ3v) is 9.25. The maximum absolute atomic E-state index is 15.0. The van der Waals surface area contributed by atoms with E-state index in [0.717, 1.165) is 28.6 Å². The van der Waals surface area contributed by atoms with Gasteiger partial charge in [0.1, 0.15) is 30.6 Å². The van der Waals surface area contributed by atoms with Gasteiger partial charge in [-0.1, -0.05) is 13.8 Å². The maximum atomic E-state index is 15.0. The van der Waals surface area contributed by atoms with Gasteiger partial charge >= 0.3 is 12.0 Å². The number of aromatic nitrogens is 2. The number of benzene rings is 2. The number of primary amides is 1. The van der Waals surface area contributed by atoms with Crippen LogP contribution in [0.15, 0.2) is 41.2 Å². The number of hydrogen-bond donors (Lipinski definition) is 5. The minimum absolute atomic E-state index is 0.0337. The molecular weight excluding hydrogens is 654 g/mol. The molecule has 0 aliphatic carbocycles. The number of fused-ring (bicyclic) bond motifs is 5. The summed E-state index contributed by atoms with van der Waals surface area (Å²) in [7, 11) is 0. The number of esters is 1. The Morgan fingerprint density at radius 2 is 1.86 bits per heavy atom. The van der Waals surface area contributed by atoms with Gasteiger partial charge < -0.3 is 41.2 Å². The molecule has 13 nitrogen and oxygen atoms in total. The molecule has 4 heterocycles. The van der Waals surface area contributed by atoms with E-state index in [2.05, 4.69) is 10.6 Å². The fourth-order valence-electron chi connectivity index (χ4n) is 6.50. The first-order chi connectivity index (χ1) is 23.9. The highest BCUT2D eigenvalue weighted by atomic mass is 19.1. The summed E-state index contributed by atoms with van der Waals surface area (Å²) >= 11 is 0. The number of carbonyl (C=O) groups excluding carboxylic acids is 3. The molecule has 0 radical (unpaired) electrons. The Bertz CT molecular complexity index is 2100. The first-order valence-corrected chi connectivity index (χ1v) is 16.2. The zero-order chi connectivity index (χ0) is 35.9. The van der Waals surface area contributed by atoms with Gasteiger partial charge in [-0.2, -0.15) is 0 Å². The Balaban J connectivity index is 1.21. The molecule has 2 atom stereocenters. The van der Waals surface area contributed by atoms with Crippen molar-refractivity contribution < 1.29 is 37.7 Å². The van der Waals surface area contributed by atoms with E-state index in [0.29, 0.717) is 35.5 Å². The standard InChI is InChI=1S/C35H36F2N6O7/c1-3-19-20-12-18(49-16-23-25(36)10-17(11-26(23)37)41-31(44)27(38)6-5-9-40-34(39)47)7-8-28(20)42-30-21(19)14-43-29(30)13-24-22(32(43)45)15-50-33(46)35(24,48)4-2/h7-8,10-13,27,48H,3-6,9,14-16,38H2,1-2H3,(H,41,44)(H3,39,40,47)/t27?,35-/m0/s1. The van der Waals surface area contributed by atoms with Crippen molar-refractivity contribution in [3.63, 3.8) is 0 Å². The molecule has 3 amide bonds. The zero-order valence-electron chi connectivity index (χ0n) is 27.4. The Labute approximate surface area is 284 Å². The first-order valence-electron chi connectivity index (χ1n) is 16.2. The van der Waals surface area contributed by atoms with Crippen molar-refractivity contribution in [2.24, 2.45) is 11.5 Å². The summed E-state index contributed by atoms with van der Waals surface area (Å²) in [5.41, 5.74) is 11.9. The van der Waals surface area contributed by atoms with Gasteiger partial charge in [-0.3, -0.25) is 9.59 Å². The van der Waals surface area contributed by atoms with Crippen molar-refractivity contribution in [1.82, 2.24) is 14.9 Å². The number of nitrogens with zero attached hydrogens (tertiary/aromatic N) is 2. The number of hydrogen-bond acceptors (Lipinski definition) is 9. The van der Waals surface area contributed by atoms with Crippen LogP contribution in [0, 0.1) is 11.6 Å². The largest absolute Gasteiger partial charge is 0.489 e. The quantitative estimate of drug-likeness (QED) is 0.102. The molecule has 6 rings (SSSR count). The maximum Gasteiger partial charge on any atom is 0.343 e. The number of carbonyl (C=O) groups is 3. The normalized spacial score (nSPS) is 16.6. The molecule has 4 aromatic rings. The lowest BCUT2D eigenvalue weighted by Gasteiger charge is -2.31. The van der Waals surface area contributed by atoms with Gasteiger partial charge in [-0.05, 0) is 67.6 Å². The van der Waals surface area contributed by atoms with E-state index < -0.39 is 47.8 Å². The summed E-state index contributed by atoms with van der Waals surface area (Å²) in [6, 6.07) is 6.99. The van der Waals surface area contributed by atoms with Crippen LogP contribution in [0.2, 0.25) is 0 Å². The number of amides is 3. The number of cyclic esters (lactones) is 1. The number of pyridine rings is 2. The molecule has 2 aliphatic rings. The molecular formula is C35H36F2N6O7. The van der Waals surface area contributed by atoms with Crippen LogP contribution < -0.4 is 32.4 Å². The van der Waals surface area contributed by atoms with Gasteiger partial charge in [-0.15, -0.1) is 0 Å². The monoisotopic (exact) mass is 690 g/mol. The minimum Gasteiger partial charge on any atom is -0.489 e. The molecule has 2 aliphatic heterocycles. The number of anilines is 1. The number of urea groups is 1. The van der Waals surface area contributed by atoms with Crippen LogP contribution >= 0.6 is 0 Å². The second-order valence-electron chi connectivity index (χ2n) is 12.3. The Hall–Kier alpha value is -5.41. The van der Waals surface area contributed by atoms with E-state index in [1.54, 1.807) is 35.8 Å². The number of rotatable bonds is 11. The molecule has 15 heteroatoms. The van der Waals surface area contributed by atoms with E-state index in [1.165, 1.54) is 0 Å². The molecule has 262 valence electrons. The van der Waals surface area contributed by atoms with Crippen LogP contribution in [0.5, 0.6) is 5.75 Å². The Morgan fingerprint density at radius 1 is 1.12 bits per heavy atom. The summed E-state index contributed by atoms with van der Waals surface area (Å²) in [5, 5.41) is 16.7. The lowest BCUT2D eigenvalue weighted by Crippen LogP contribution is -2.44. The van der Waals surface area contributed by atoms with Crippen molar-refractivity contribution in [3.05, 3.63) is 86.2 Å². The van der Waals surface area contributed by atoms with Gasteiger partial charge in [-0.25, -0.2) is 23.4 Å². The van der Waals surface area contributed by atoms with Crippen LogP contribution in [-0.4, -0.2) is 45.2 Å². The van der Waals surface area contributed by atoms with Crippen molar-refractivity contribution in [1.29, 1.82) is 0 Å². The van der Waals surface area contributed by atoms with Gasteiger partial charge in [0, 0.05) is 28.7 Å². The van der Waals surface area contributed by atoms with Crippen molar-refractivity contribution in [3.8, 4) is 17.1 Å². The van der Waals surface area contributed by atoms with Crippen LogP contribution in [-0.2, 0) is 46.1 Å². The van der Waals surface area contributed by atoms with Gasteiger partial charge in [0.2, 0.25) is 5.91 Å². The second kappa shape index (κ2) is 13.5. The molecule has 0 bridgehead atoms. The van der Waals surface area contributed by atoms with Crippen LogP contribution in [0.3, 0.4) is 0 Å². The number of nitrogens with two attached hydrogens (primary N) is 2. The first kappa shape index (κ1) is 34.5. The highest BCUT2D eigenvalue weighted by Gasteiger charge is 2.45. The summed E-state index contributed by atoms with van der Waals surface area (Å²) in [6.45, 7) is 3.38. The van der Waals surface area contributed by atoms with Crippen LogP contribution in [0.4, 0.5) is 19.3 Å². The van der Waals surface area contributed by atoms with Crippen LogP contribution in [0.25, 0.3) is 22.3 Å². The lowest BCUT2D eigenvalue weighted by molar-refractivity contribution is -0.172. The number of ether oxygens (including phenoxy) is 2. The fraction of sp³-hybridized carbons (Fsp3) is 0.343. The molecule has 2 aromatic carbocycles. The van der Waals surface area contributed by atoms with Gasteiger partial charge in [0.15, 0.2) is 5.60 Å². The second-order valence-corrected chi connectivity index (χ2v) is 12.3. The van der Waals surface area contributed by atoms with E-state index in [4.69, 9.17) is 25.9 Å². The highest BCUT2D eigenvalue weighted by molar-refractivity contribution is 5.94. The summed E-state index contributed by atoms with van der Waals surface area (Å²) < 4.78 is 42.6. The van der Waals surface area contributed by atoms with E-state index >= 15 is 8.78 Å². The highest BCUT2D eigenvalue weighted by Crippen LogP contribution is 2.41. The zero-order valence-corrected chi connectivity index (χ0v) is 27.4. The smallest absolute Gasteiger partial charge is 0.343 e. The van der Waals surface area contributed by atoms with Crippen LogP contribution in [0.1, 0.15) is 60.9 Å². The van der Waals surface area contributed by atoms with Crippen molar-refractivity contribution in [2.45, 2.75) is 70.9 Å². The number of aryl methyl sites for hydroxylation is 1. The SMILES string of the molecule is CCc1c2c(nc3ccc(OCc4c(F)cc(NC(=O)C(N)CCCNC(N)=O)cc4F)cc13)-c1cc3c(c(=O)n1C2)COC(=O)[C@]3(O)CC.